The number of aliphatic carboxylic acids is 1. The van der Waals surface area contributed by atoms with Crippen molar-refractivity contribution in [3.05, 3.63) is 35.4 Å². The zero-order valence-corrected chi connectivity index (χ0v) is 8.32. The monoisotopic (exact) mass is 228 g/mol. The second-order valence-electron chi connectivity index (χ2n) is 3.73. The standard InChI is InChI=1S/C11H10F2O3/c12-7-3-6(4-8(13)5-7)9-1-2-10(16-9)11(14)15/h3-5,9-10H,1-2H2,(H,14,15)/t9-,10+/m1/s1. The largest absolute Gasteiger partial charge is 0.479 e. The van der Waals surface area contributed by atoms with Gasteiger partial charge in [-0.15, -0.1) is 0 Å². The van der Waals surface area contributed by atoms with Gasteiger partial charge in [0.2, 0.25) is 0 Å². The Kier molecular flexibility index (Phi) is 2.87. The van der Waals surface area contributed by atoms with Crippen LogP contribution in [-0.4, -0.2) is 17.2 Å². The third-order valence-corrected chi connectivity index (χ3v) is 2.55. The molecule has 0 radical (unpaired) electrons. The predicted molar refractivity (Wildman–Crippen MR) is 50.8 cm³/mol. The minimum absolute atomic E-state index is 0.348. The number of hydrogen-bond donors (Lipinski definition) is 1. The molecule has 0 unspecified atom stereocenters. The normalized spacial score (nSPS) is 24.6. The maximum atomic E-state index is 12.9. The molecule has 2 rings (SSSR count). The van der Waals surface area contributed by atoms with Crippen molar-refractivity contribution in [1.29, 1.82) is 0 Å². The molecular formula is C11H10F2O3. The molecule has 0 aromatic heterocycles. The molecule has 3 nitrogen and oxygen atoms in total. The highest BCUT2D eigenvalue weighted by atomic mass is 19.1. The highest BCUT2D eigenvalue weighted by molar-refractivity contribution is 5.72. The second-order valence-corrected chi connectivity index (χ2v) is 3.73. The summed E-state index contributed by atoms with van der Waals surface area (Å²) >= 11 is 0. The summed E-state index contributed by atoms with van der Waals surface area (Å²) < 4.78 is 31.0. The summed E-state index contributed by atoms with van der Waals surface area (Å²) in [7, 11) is 0. The van der Waals surface area contributed by atoms with E-state index >= 15 is 0 Å². The molecular weight excluding hydrogens is 218 g/mol. The fourth-order valence-corrected chi connectivity index (χ4v) is 1.83. The van der Waals surface area contributed by atoms with Crippen LogP contribution in [0.5, 0.6) is 0 Å². The van der Waals surface area contributed by atoms with Crippen LogP contribution < -0.4 is 0 Å². The van der Waals surface area contributed by atoms with Gasteiger partial charge in [0, 0.05) is 6.07 Å². The number of carbonyl (C=O) groups is 1. The first kappa shape index (κ1) is 11.0. The summed E-state index contributed by atoms with van der Waals surface area (Å²) in [6.45, 7) is 0. The smallest absolute Gasteiger partial charge is 0.332 e. The summed E-state index contributed by atoms with van der Waals surface area (Å²) in [5.74, 6) is -2.41. The third-order valence-electron chi connectivity index (χ3n) is 2.55. The van der Waals surface area contributed by atoms with Gasteiger partial charge in [0.15, 0.2) is 6.10 Å². The van der Waals surface area contributed by atoms with Crippen LogP contribution in [0.15, 0.2) is 18.2 Å². The quantitative estimate of drug-likeness (QED) is 0.844. The van der Waals surface area contributed by atoms with Crippen LogP contribution in [0.4, 0.5) is 8.78 Å². The van der Waals surface area contributed by atoms with Crippen LogP contribution in [0.2, 0.25) is 0 Å². The molecule has 0 amide bonds. The van der Waals surface area contributed by atoms with E-state index in [9.17, 15) is 13.6 Å². The molecule has 0 bridgehead atoms. The molecule has 1 aromatic carbocycles. The Morgan fingerprint density at radius 3 is 2.38 bits per heavy atom. The van der Waals surface area contributed by atoms with Crippen molar-refractivity contribution in [2.75, 3.05) is 0 Å². The Morgan fingerprint density at radius 2 is 1.88 bits per heavy atom. The van der Waals surface area contributed by atoms with Crippen molar-refractivity contribution in [3.63, 3.8) is 0 Å². The highest BCUT2D eigenvalue weighted by Gasteiger charge is 2.31. The molecule has 0 spiro atoms. The number of hydrogen-bond acceptors (Lipinski definition) is 2. The van der Waals surface area contributed by atoms with Crippen molar-refractivity contribution >= 4 is 5.97 Å². The summed E-state index contributed by atoms with van der Waals surface area (Å²) in [5, 5.41) is 8.71. The van der Waals surface area contributed by atoms with E-state index in [2.05, 4.69) is 0 Å². The number of benzene rings is 1. The maximum absolute atomic E-state index is 12.9. The molecule has 0 saturated carbocycles. The van der Waals surface area contributed by atoms with Crippen molar-refractivity contribution in [1.82, 2.24) is 0 Å². The van der Waals surface area contributed by atoms with E-state index < -0.39 is 29.8 Å². The molecule has 86 valence electrons. The lowest BCUT2D eigenvalue weighted by Crippen LogP contribution is -2.18. The second kappa shape index (κ2) is 4.17. The first-order chi connectivity index (χ1) is 7.56. The highest BCUT2D eigenvalue weighted by Crippen LogP contribution is 2.33. The van der Waals surface area contributed by atoms with Gasteiger partial charge in [0.1, 0.15) is 11.6 Å². The van der Waals surface area contributed by atoms with Crippen molar-refractivity contribution in [2.45, 2.75) is 25.0 Å². The first-order valence-electron chi connectivity index (χ1n) is 4.90. The minimum atomic E-state index is -1.04. The summed E-state index contributed by atoms with van der Waals surface area (Å²) in [4.78, 5) is 10.6. The predicted octanol–water partition coefficient (Wildman–Crippen LogP) is 2.27. The first-order valence-corrected chi connectivity index (χ1v) is 4.90. The van der Waals surface area contributed by atoms with Gasteiger partial charge >= 0.3 is 5.97 Å². The average Bonchev–Trinajstić information content (AvgIpc) is 2.64. The van der Waals surface area contributed by atoms with E-state index in [1.807, 2.05) is 0 Å². The van der Waals surface area contributed by atoms with Crippen LogP contribution >= 0.6 is 0 Å². The fourth-order valence-electron chi connectivity index (χ4n) is 1.83. The van der Waals surface area contributed by atoms with Gasteiger partial charge in [-0.3, -0.25) is 0 Å². The minimum Gasteiger partial charge on any atom is -0.479 e. The van der Waals surface area contributed by atoms with Gasteiger partial charge in [0.05, 0.1) is 6.10 Å². The lowest BCUT2D eigenvalue weighted by molar-refractivity contribution is -0.149. The summed E-state index contributed by atoms with van der Waals surface area (Å²) in [6.07, 6.45) is -0.597. The maximum Gasteiger partial charge on any atom is 0.332 e. The van der Waals surface area contributed by atoms with E-state index in [1.165, 1.54) is 0 Å². The summed E-state index contributed by atoms with van der Waals surface area (Å²) in [5.41, 5.74) is 0.348. The van der Waals surface area contributed by atoms with E-state index in [0.717, 1.165) is 18.2 Å². The molecule has 16 heavy (non-hydrogen) atoms. The number of carboxylic acids is 1. The van der Waals surface area contributed by atoms with E-state index in [1.54, 1.807) is 0 Å². The van der Waals surface area contributed by atoms with Gasteiger partial charge in [-0.2, -0.15) is 0 Å². The van der Waals surface area contributed by atoms with Gasteiger partial charge in [-0.05, 0) is 30.5 Å². The fraction of sp³-hybridized carbons (Fsp3) is 0.364. The molecule has 2 atom stereocenters. The third kappa shape index (κ3) is 2.19. The average molecular weight is 228 g/mol. The number of ether oxygens (including phenoxy) is 1. The van der Waals surface area contributed by atoms with Crippen LogP contribution in [-0.2, 0) is 9.53 Å². The molecule has 5 heteroatoms. The van der Waals surface area contributed by atoms with E-state index in [-0.39, 0.29) is 0 Å². The lowest BCUT2D eigenvalue weighted by Gasteiger charge is -2.11. The number of rotatable bonds is 2. The van der Waals surface area contributed by atoms with Crippen LogP contribution in [0.1, 0.15) is 24.5 Å². The van der Waals surface area contributed by atoms with Crippen LogP contribution in [0.25, 0.3) is 0 Å². The Morgan fingerprint density at radius 1 is 1.25 bits per heavy atom. The van der Waals surface area contributed by atoms with Crippen molar-refractivity contribution in [3.8, 4) is 0 Å². The van der Waals surface area contributed by atoms with Crippen molar-refractivity contribution in [2.24, 2.45) is 0 Å². The zero-order valence-electron chi connectivity index (χ0n) is 8.32. The topological polar surface area (TPSA) is 46.5 Å². The molecule has 0 aliphatic carbocycles. The Labute approximate surface area is 90.7 Å². The van der Waals surface area contributed by atoms with Gasteiger partial charge in [-0.1, -0.05) is 0 Å². The van der Waals surface area contributed by atoms with Crippen LogP contribution in [0, 0.1) is 11.6 Å². The van der Waals surface area contributed by atoms with Gasteiger partial charge in [-0.25, -0.2) is 13.6 Å². The Balaban J connectivity index is 2.17. The zero-order chi connectivity index (χ0) is 11.7. The van der Waals surface area contributed by atoms with E-state index in [0.29, 0.717) is 18.4 Å². The number of carboxylic acid groups (broad SMARTS) is 1. The molecule has 1 fully saturated rings. The van der Waals surface area contributed by atoms with Gasteiger partial charge < -0.3 is 9.84 Å². The Bertz CT molecular complexity index is 399. The molecule has 1 aromatic rings. The molecule has 1 heterocycles. The Hall–Kier alpha value is -1.49. The molecule has 1 aliphatic heterocycles. The summed E-state index contributed by atoms with van der Waals surface area (Å²) in [6, 6.07) is 3.10. The number of halogens is 2. The lowest BCUT2D eigenvalue weighted by atomic mass is 10.1. The van der Waals surface area contributed by atoms with Crippen LogP contribution in [0.3, 0.4) is 0 Å². The van der Waals surface area contributed by atoms with E-state index in [4.69, 9.17) is 9.84 Å². The molecule has 1 saturated heterocycles. The SMILES string of the molecule is O=C(O)[C@@H]1CC[C@H](c2cc(F)cc(F)c2)O1. The van der Waals surface area contributed by atoms with Crippen molar-refractivity contribution < 1.29 is 23.4 Å². The molecule has 1 aliphatic rings. The molecule has 1 N–H and O–H groups in total. The van der Waals surface area contributed by atoms with Gasteiger partial charge in [0.25, 0.3) is 0 Å².